The second kappa shape index (κ2) is 9.42. The van der Waals surface area contributed by atoms with E-state index in [0.29, 0.717) is 13.1 Å². The second-order valence-corrected chi connectivity index (χ2v) is 4.50. The van der Waals surface area contributed by atoms with Crippen molar-refractivity contribution in [3.05, 3.63) is 0 Å². The lowest BCUT2D eigenvalue weighted by molar-refractivity contribution is -0.131. The number of hydrogen-bond acceptors (Lipinski definition) is 3. The highest BCUT2D eigenvalue weighted by atomic mass is 16.3. The van der Waals surface area contributed by atoms with Crippen LogP contribution in [0.3, 0.4) is 0 Å². The number of carbonyl (C=O) groups excluding carboxylic acids is 1. The molecule has 1 fully saturated rings. The predicted octanol–water partition coefficient (Wildman–Crippen LogP) is 1.20. The Balaban J connectivity index is 0.00000121. The number of likely N-dealkylation sites (N-methyl/N-ethyl adjacent to an activating group) is 1. The zero-order valence-electron chi connectivity index (χ0n) is 11.8. The first kappa shape index (κ1) is 16.4. The normalized spacial score (nSPS) is 17.2. The molecule has 1 rings (SSSR count). The monoisotopic (exact) mass is 244 g/mol. The quantitative estimate of drug-likeness (QED) is 0.808. The van der Waals surface area contributed by atoms with Crippen molar-refractivity contribution in [2.75, 3.05) is 39.8 Å². The zero-order chi connectivity index (χ0) is 13.3. The van der Waals surface area contributed by atoms with E-state index < -0.39 is 0 Å². The van der Waals surface area contributed by atoms with Crippen molar-refractivity contribution >= 4 is 5.91 Å². The third-order valence-electron chi connectivity index (χ3n) is 3.10. The van der Waals surface area contributed by atoms with Crippen LogP contribution in [0.5, 0.6) is 0 Å². The molecule has 4 nitrogen and oxygen atoms in total. The van der Waals surface area contributed by atoms with Gasteiger partial charge in [0, 0.05) is 13.6 Å². The molecule has 1 aliphatic heterocycles. The van der Waals surface area contributed by atoms with Crippen molar-refractivity contribution in [2.24, 2.45) is 5.92 Å². The van der Waals surface area contributed by atoms with Crippen LogP contribution < -0.4 is 0 Å². The predicted molar refractivity (Wildman–Crippen MR) is 70.9 cm³/mol. The molecule has 0 aromatic carbocycles. The molecule has 1 aliphatic rings. The van der Waals surface area contributed by atoms with Crippen LogP contribution >= 0.6 is 0 Å². The number of hydrogen-bond donors (Lipinski definition) is 1. The van der Waals surface area contributed by atoms with E-state index in [2.05, 4.69) is 11.8 Å². The minimum absolute atomic E-state index is 0.0409. The topological polar surface area (TPSA) is 43.8 Å². The van der Waals surface area contributed by atoms with Gasteiger partial charge in [0.05, 0.1) is 13.2 Å². The lowest BCUT2D eigenvalue weighted by Crippen LogP contribution is -2.42. The average Bonchev–Trinajstić information content (AvgIpc) is 2.35. The molecule has 1 saturated heterocycles. The molecular formula is C13H28N2O2. The fraction of sp³-hybridized carbons (Fsp3) is 0.923. The number of aliphatic hydroxyl groups excluding tert-OH is 1. The Morgan fingerprint density at radius 1 is 1.35 bits per heavy atom. The van der Waals surface area contributed by atoms with E-state index in [1.807, 2.05) is 13.8 Å². The van der Waals surface area contributed by atoms with Crippen molar-refractivity contribution in [3.8, 4) is 0 Å². The van der Waals surface area contributed by atoms with Crippen LogP contribution in [0.25, 0.3) is 0 Å². The van der Waals surface area contributed by atoms with Crippen LogP contribution in [0.1, 0.15) is 33.6 Å². The molecule has 0 bridgehead atoms. The molecule has 0 unspecified atom stereocenters. The molecule has 0 spiro atoms. The maximum absolute atomic E-state index is 11.7. The average molecular weight is 244 g/mol. The molecule has 1 heterocycles. The van der Waals surface area contributed by atoms with Gasteiger partial charge in [-0.25, -0.2) is 0 Å². The molecule has 0 aromatic rings. The molecule has 4 heteroatoms. The minimum Gasteiger partial charge on any atom is -0.395 e. The van der Waals surface area contributed by atoms with E-state index in [0.717, 1.165) is 19.0 Å². The molecule has 0 aliphatic carbocycles. The van der Waals surface area contributed by atoms with Crippen LogP contribution in [0, 0.1) is 5.92 Å². The van der Waals surface area contributed by atoms with E-state index in [9.17, 15) is 4.79 Å². The maximum atomic E-state index is 11.7. The van der Waals surface area contributed by atoms with Crippen LogP contribution in [0.2, 0.25) is 0 Å². The van der Waals surface area contributed by atoms with Crippen LogP contribution in [-0.2, 0) is 4.79 Å². The van der Waals surface area contributed by atoms with E-state index in [1.54, 1.807) is 11.9 Å². The summed E-state index contributed by atoms with van der Waals surface area (Å²) in [5.74, 6) is 0.908. The molecule has 102 valence electrons. The Hall–Kier alpha value is -0.610. The van der Waals surface area contributed by atoms with Gasteiger partial charge in [-0.1, -0.05) is 20.8 Å². The standard InChI is InChI=1S/C11H22N2O2.C2H6/c1-10-3-5-13(6-4-10)9-11(15)12(2)7-8-14;1-2/h10,14H,3-9H2,1-2H3;1-2H3. The van der Waals surface area contributed by atoms with Gasteiger partial charge in [0.1, 0.15) is 0 Å². The van der Waals surface area contributed by atoms with Gasteiger partial charge >= 0.3 is 0 Å². The molecule has 0 atom stereocenters. The fourth-order valence-electron chi connectivity index (χ4n) is 1.81. The highest BCUT2D eigenvalue weighted by Gasteiger charge is 2.19. The lowest BCUT2D eigenvalue weighted by Gasteiger charge is -2.30. The van der Waals surface area contributed by atoms with Crippen molar-refractivity contribution in [2.45, 2.75) is 33.6 Å². The largest absolute Gasteiger partial charge is 0.395 e. The third-order valence-corrected chi connectivity index (χ3v) is 3.10. The second-order valence-electron chi connectivity index (χ2n) is 4.50. The summed E-state index contributed by atoms with van der Waals surface area (Å²) in [5, 5.41) is 8.72. The molecule has 17 heavy (non-hydrogen) atoms. The Morgan fingerprint density at radius 2 is 1.88 bits per heavy atom. The van der Waals surface area contributed by atoms with Crippen LogP contribution in [0.15, 0.2) is 0 Å². The number of likely N-dealkylation sites (tertiary alicyclic amines) is 1. The zero-order valence-corrected chi connectivity index (χ0v) is 11.8. The summed E-state index contributed by atoms with van der Waals surface area (Å²) in [6.45, 7) is 9.29. The maximum Gasteiger partial charge on any atom is 0.236 e. The molecule has 1 amide bonds. The minimum atomic E-state index is 0.0409. The third kappa shape index (κ3) is 6.64. The summed E-state index contributed by atoms with van der Waals surface area (Å²) in [4.78, 5) is 15.5. The van der Waals surface area contributed by atoms with Crippen LogP contribution in [-0.4, -0.2) is 60.6 Å². The highest BCUT2D eigenvalue weighted by molar-refractivity contribution is 5.77. The molecule has 0 aromatic heterocycles. The summed E-state index contributed by atoms with van der Waals surface area (Å²) in [6.07, 6.45) is 2.38. The van der Waals surface area contributed by atoms with Crippen LogP contribution in [0.4, 0.5) is 0 Å². The van der Waals surface area contributed by atoms with E-state index in [-0.39, 0.29) is 12.5 Å². The smallest absolute Gasteiger partial charge is 0.236 e. The Bertz CT molecular complexity index is 202. The van der Waals surface area contributed by atoms with Crippen molar-refractivity contribution in [3.63, 3.8) is 0 Å². The van der Waals surface area contributed by atoms with E-state index in [4.69, 9.17) is 5.11 Å². The number of aliphatic hydroxyl groups is 1. The Kier molecular flexibility index (Phi) is 9.09. The van der Waals surface area contributed by atoms with Gasteiger partial charge in [-0.2, -0.15) is 0 Å². The number of nitrogens with zero attached hydrogens (tertiary/aromatic N) is 2. The summed E-state index contributed by atoms with van der Waals surface area (Å²) in [5.41, 5.74) is 0. The van der Waals surface area contributed by atoms with Gasteiger partial charge in [-0.15, -0.1) is 0 Å². The summed E-state index contributed by atoms with van der Waals surface area (Å²) >= 11 is 0. The van der Waals surface area contributed by atoms with Crippen molar-refractivity contribution < 1.29 is 9.90 Å². The molecule has 0 radical (unpaired) electrons. The lowest BCUT2D eigenvalue weighted by atomic mass is 9.99. The number of rotatable bonds is 4. The first-order chi connectivity index (χ1) is 8.13. The Morgan fingerprint density at radius 3 is 2.35 bits per heavy atom. The molecule has 1 N–H and O–H groups in total. The number of amides is 1. The summed E-state index contributed by atoms with van der Waals surface area (Å²) in [7, 11) is 1.74. The van der Waals surface area contributed by atoms with E-state index in [1.165, 1.54) is 12.8 Å². The highest BCUT2D eigenvalue weighted by Crippen LogP contribution is 2.15. The van der Waals surface area contributed by atoms with E-state index >= 15 is 0 Å². The Labute approximate surface area is 106 Å². The summed E-state index contributed by atoms with van der Waals surface area (Å²) in [6, 6.07) is 0. The number of piperidine rings is 1. The van der Waals surface area contributed by atoms with Gasteiger partial charge in [-0.3, -0.25) is 9.69 Å². The van der Waals surface area contributed by atoms with Crippen molar-refractivity contribution in [1.29, 1.82) is 0 Å². The summed E-state index contributed by atoms with van der Waals surface area (Å²) < 4.78 is 0. The first-order valence-electron chi connectivity index (χ1n) is 6.70. The number of carbonyl (C=O) groups is 1. The molecule has 0 saturated carbocycles. The van der Waals surface area contributed by atoms with Gasteiger partial charge in [0.25, 0.3) is 0 Å². The fourth-order valence-corrected chi connectivity index (χ4v) is 1.81. The van der Waals surface area contributed by atoms with Gasteiger partial charge in [0.2, 0.25) is 5.91 Å². The SMILES string of the molecule is CC.CC1CCN(CC(=O)N(C)CCO)CC1. The first-order valence-corrected chi connectivity index (χ1v) is 6.70. The van der Waals surface area contributed by atoms with Gasteiger partial charge in [-0.05, 0) is 31.8 Å². The molecular weight excluding hydrogens is 216 g/mol. The van der Waals surface area contributed by atoms with Gasteiger partial charge in [0.15, 0.2) is 0 Å². The van der Waals surface area contributed by atoms with Crippen molar-refractivity contribution in [1.82, 2.24) is 9.80 Å². The van der Waals surface area contributed by atoms with Gasteiger partial charge < -0.3 is 10.0 Å².